The molecule has 0 aromatic rings. The number of hydrogen-bond acceptors (Lipinski definition) is 10. The fraction of sp³-hybridized carbons (Fsp3) is 0.933. The molecule has 1 spiro atoms. The molecule has 3 saturated heterocycles. The lowest BCUT2D eigenvalue weighted by Crippen LogP contribution is -2.76. The third-order valence-electron chi connectivity index (χ3n) is 11.7. The Hall–Kier alpha value is -0.820. The summed E-state index contributed by atoms with van der Waals surface area (Å²) in [5.41, 5.74) is -5.06. The summed E-state index contributed by atoms with van der Waals surface area (Å²) in [4.78, 5) is 0. The third-order valence-corrected chi connectivity index (χ3v) is 11.7. The Kier molecular flexibility index (Phi) is 7.21. The van der Waals surface area contributed by atoms with Crippen molar-refractivity contribution in [2.75, 3.05) is 13.2 Å². The molecule has 11 unspecified atom stereocenters. The zero-order valence-corrected chi connectivity index (χ0v) is 23.9. The van der Waals surface area contributed by atoms with Gasteiger partial charge in [0.05, 0.1) is 30.2 Å². The van der Waals surface area contributed by atoms with Crippen molar-refractivity contribution in [2.24, 2.45) is 35.5 Å². The molecule has 3 heterocycles. The van der Waals surface area contributed by atoms with Gasteiger partial charge in [0.1, 0.15) is 29.5 Å². The van der Waals surface area contributed by atoms with Crippen molar-refractivity contribution in [3.8, 4) is 0 Å². The molecule has 228 valence electrons. The Morgan fingerprint density at radius 3 is 2.33 bits per heavy atom. The van der Waals surface area contributed by atoms with Gasteiger partial charge in [-0.15, -0.1) is 0 Å². The average molecular weight is 569 g/mol. The molecule has 0 aromatic carbocycles. The molecule has 10 heteroatoms. The van der Waals surface area contributed by atoms with E-state index in [1.54, 1.807) is 6.92 Å². The van der Waals surface area contributed by atoms with Gasteiger partial charge in [0, 0.05) is 24.4 Å². The average Bonchev–Trinajstić information content (AvgIpc) is 3.61. The number of rotatable bonds is 4. The van der Waals surface area contributed by atoms with Crippen LogP contribution in [-0.2, 0) is 18.9 Å². The first-order valence-corrected chi connectivity index (χ1v) is 15.3. The van der Waals surface area contributed by atoms with Crippen molar-refractivity contribution in [3.63, 3.8) is 0 Å². The van der Waals surface area contributed by atoms with Gasteiger partial charge < -0.3 is 49.6 Å². The smallest absolute Gasteiger partial charge is 0.355 e. The van der Waals surface area contributed by atoms with Gasteiger partial charge in [-0.1, -0.05) is 52.5 Å². The molecule has 3 saturated carbocycles. The van der Waals surface area contributed by atoms with E-state index in [0.717, 1.165) is 32.1 Å². The van der Waals surface area contributed by atoms with Crippen LogP contribution >= 0.6 is 0 Å². The first-order valence-electron chi connectivity index (χ1n) is 15.3. The van der Waals surface area contributed by atoms with Gasteiger partial charge in [-0.25, -0.2) is 0 Å². The molecule has 3 aliphatic carbocycles. The number of aliphatic hydroxyl groups excluding tert-OH is 5. The Morgan fingerprint density at radius 2 is 1.68 bits per heavy atom. The number of ether oxygens (including phenoxy) is 4. The maximum absolute atomic E-state index is 12.7. The highest BCUT2D eigenvalue weighted by Crippen LogP contribution is 2.71. The van der Waals surface area contributed by atoms with E-state index >= 15 is 0 Å². The summed E-state index contributed by atoms with van der Waals surface area (Å²) in [5, 5.41) is 69.8. The summed E-state index contributed by atoms with van der Waals surface area (Å²) < 4.78 is 26.0. The van der Waals surface area contributed by atoms with E-state index in [1.807, 2.05) is 6.92 Å². The first kappa shape index (κ1) is 29.3. The molecular formula is C30H48O10. The first-order chi connectivity index (χ1) is 18.9. The maximum Gasteiger partial charge on any atom is 0.355 e. The van der Waals surface area contributed by atoms with Crippen LogP contribution in [0, 0.1) is 35.5 Å². The highest BCUT2D eigenvalue weighted by atomic mass is 16.9. The summed E-state index contributed by atoms with van der Waals surface area (Å²) in [7, 11) is 0. The van der Waals surface area contributed by atoms with Crippen molar-refractivity contribution in [1.82, 2.24) is 0 Å². The molecule has 6 rings (SSSR count). The second-order valence-corrected chi connectivity index (χ2v) is 13.8. The second kappa shape index (κ2) is 9.86. The van der Waals surface area contributed by atoms with Crippen LogP contribution in [0.25, 0.3) is 0 Å². The van der Waals surface area contributed by atoms with Crippen LogP contribution in [0.3, 0.4) is 0 Å². The van der Waals surface area contributed by atoms with Crippen molar-refractivity contribution in [1.29, 1.82) is 0 Å². The lowest BCUT2D eigenvalue weighted by molar-refractivity contribution is -0.507. The summed E-state index contributed by atoms with van der Waals surface area (Å²) in [6.07, 6.45) is 0.256. The molecule has 3 aliphatic heterocycles. The van der Waals surface area contributed by atoms with Crippen molar-refractivity contribution >= 4 is 0 Å². The summed E-state index contributed by atoms with van der Waals surface area (Å²) in [5.74, 6) is -4.41. The zero-order valence-electron chi connectivity index (χ0n) is 23.9. The fourth-order valence-electron chi connectivity index (χ4n) is 9.99. The Labute approximate surface area is 236 Å². The third kappa shape index (κ3) is 3.67. The zero-order chi connectivity index (χ0) is 28.8. The van der Waals surface area contributed by atoms with Crippen LogP contribution in [0.5, 0.6) is 0 Å². The maximum atomic E-state index is 12.7. The minimum Gasteiger partial charge on any atom is -0.443 e. The van der Waals surface area contributed by atoms with Crippen LogP contribution in [-0.4, -0.2) is 97.1 Å². The fourth-order valence-corrected chi connectivity index (χ4v) is 9.99. The second-order valence-electron chi connectivity index (χ2n) is 13.8. The minimum absolute atomic E-state index is 0.0413. The molecule has 0 amide bonds. The summed E-state index contributed by atoms with van der Waals surface area (Å²) >= 11 is 0. The highest BCUT2D eigenvalue weighted by molar-refractivity contribution is 5.33. The van der Waals surface area contributed by atoms with Gasteiger partial charge in [-0.05, 0) is 43.9 Å². The largest absolute Gasteiger partial charge is 0.443 e. The Bertz CT molecular complexity index is 994. The number of hydrogen-bond donors (Lipinski definition) is 6. The van der Waals surface area contributed by atoms with Crippen LogP contribution in [0.1, 0.15) is 72.1 Å². The van der Waals surface area contributed by atoms with Gasteiger partial charge in [-0.3, -0.25) is 0 Å². The van der Waals surface area contributed by atoms with Gasteiger partial charge in [-0.2, -0.15) is 0 Å². The molecule has 6 fully saturated rings. The monoisotopic (exact) mass is 568 g/mol. The van der Waals surface area contributed by atoms with Crippen molar-refractivity contribution in [2.45, 2.75) is 125 Å². The van der Waals surface area contributed by atoms with E-state index in [4.69, 9.17) is 18.9 Å². The number of aliphatic hydroxyl groups is 6. The molecule has 6 aliphatic rings. The van der Waals surface area contributed by atoms with E-state index in [2.05, 4.69) is 13.5 Å². The molecule has 10 nitrogen and oxygen atoms in total. The quantitative estimate of drug-likeness (QED) is 0.215. The van der Waals surface area contributed by atoms with Crippen LogP contribution in [0.4, 0.5) is 0 Å². The molecule has 15 atom stereocenters. The van der Waals surface area contributed by atoms with E-state index in [0.29, 0.717) is 19.3 Å². The predicted octanol–water partition coefficient (Wildman–Crippen LogP) is 1.19. The van der Waals surface area contributed by atoms with E-state index in [-0.39, 0.29) is 24.2 Å². The van der Waals surface area contributed by atoms with Crippen molar-refractivity contribution < 1.29 is 49.6 Å². The van der Waals surface area contributed by atoms with Gasteiger partial charge in [0.15, 0.2) is 0 Å². The molecule has 0 aromatic heterocycles. The number of fused-ring (bicyclic) bond motifs is 2. The van der Waals surface area contributed by atoms with Crippen LogP contribution in [0.2, 0.25) is 0 Å². The summed E-state index contributed by atoms with van der Waals surface area (Å²) in [6.45, 7) is 8.74. The SMILES string of the molecule is C=C(C)OC12OC3CCC(CO)C4(O1)C3C1O[C@]1(CO)[C@@H](O)[C@@]1(O)C4C(C(C)CCCCCCC2O)C(C)[C@@H]1O. The Balaban J connectivity index is 1.64. The topological polar surface area (TPSA) is 162 Å². The molecule has 6 N–H and O–H groups in total. The van der Waals surface area contributed by atoms with Gasteiger partial charge in [0.25, 0.3) is 0 Å². The van der Waals surface area contributed by atoms with E-state index in [1.165, 1.54) is 0 Å². The number of allylic oxidation sites excluding steroid dienone is 1. The normalized spacial score (nSPS) is 57.5. The predicted molar refractivity (Wildman–Crippen MR) is 141 cm³/mol. The minimum atomic E-state index is -2.13. The molecular weight excluding hydrogens is 520 g/mol. The summed E-state index contributed by atoms with van der Waals surface area (Å²) in [6, 6.07) is 0. The highest BCUT2D eigenvalue weighted by Gasteiger charge is 2.86. The standard InChI is InChI=1S/C30H48O10/c1-15(2)37-30-20(33)10-8-6-5-7-9-16(3)21-17(4)24(34)28(36)23(21)29(40-30)18(13-31)11-12-19(38-30)22(29)25-27(14-32,39-25)26(28)35/h16-26,31-36H,1,5-14H2,2-4H3/t16?,17?,18?,19?,20?,21?,22?,23?,24-,25?,26+,27-,28+,29?,30?/m0/s1. The molecule has 40 heavy (non-hydrogen) atoms. The lowest BCUT2D eigenvalue weighted by Gasteiger charge is -2.64. The van der Waals surface area contributed by atoms with E-state index in [9.17, 15) is 30.6 Å². The molecule has 3 bridgehead atoms. The Morgan fingerprint density at radius 1 is 0.975 bits per heavy atom. The van der Waals surface area contributed by atoms with Crippen LogP contribution < -0.4 is 0 Å². The molecule has 0 radical (unpaired) electrons. The number of epoxide rings is 1. The van der Waals surface area contributed by atoms with Gasteiger partial charge >= 0.3 is 5.97 Å². The van der Waals surface area contributed by atoms with Crippen molar-refractivity contribution in [3.05, 3.63) is 12.3 Å². The van der Waals surface area contributed by atoms with E-state index < -0.39 is 83.6 Å². The lowest BCUT2D eigenvalue weighted by atomic mass is 9.54. The van der Waals surface area contributed by atoms with Crippen LogP contribution in [0.15, 0.2) is 12.3 Å². The van der Waals surface area contributed by atoms with Gasteiger partial charge in [0.2, 0.25) is 0 Å².